The molecule has 0 atom stereocenters. The Balaban J connectivity index is 2.00. The van der Waals surface area contributed by atoms with Gasteiger partial charge >= 0.3 is 0 Å². The number of rotatable bonds is 5. The maximum Gasteiger partial charge on any atom is 0.213 e. The van der Waals surface area contributed by atoms with E-state index in [1.807, 2.05) is 26.0 Å². The quantitative estimate of drug-likeness (QED) is 0.892. The summed E-state index contributed by atoms with van der Waals surface area (Å²) >= 11 is 0. The van der Waals surface area contributed by atoms with Gasteiger partial charge < -0.3 is 10.1 Å². The summed E-state index contributed by atoms with van der Waals surface area (Å²) in [4.78, 5) is 4.16. The lowest BCUT2D eigenvalue weighted by atomic mass is 10.1. The van der Waals surface area contributed by atoms with Crippen LogP contribution in [0.3, 0.4) is 0 Å². The second kappa shape index (κ2) is 6.18. The molecular formula is C15H17FN2O. The molecule has 0 saturated heterocycles. The number of halogens is 1. The Morgan fingerprint density at radius 3 is 2.79 bits per heavy atom. The molecule has 0 radical (unpaired) electrons. The smallest absolute Gasteiger partial charge is 0.213 e. The van der Waals surface area contributed by atoms with E-state index in [1.54, 1.807) is 18.3 Å². The number of pyridine rings is 1. The van der Waals surface area contributed by atoms with Crippen LogP contribution in [0.5, 0.6) is 5.88 Å². The molecule has 19 heavy (non-hydrogen) atoms. The molecule has 2 rings (SSSR count). The third-order valence-corrected chi connectivity index (χ3v) is 2.82. The molecule has 100 valence electrons. The minimum Gasteiger partial charge on any atom is -0.478 e. The van der Waals surface area contributed by atoms with Gasteiger partial charge in [-0.15, -0.1) is 0 Å². The van der Waals surface area contributed by atoms with Gasteiger partial charge in [0.2, 0.25) is 5.88 Å². The van der Waals surface area contributed by atoms with Crippen molar-refractivity contribution in [2.75, 3.05) is 11.9 Å². The minimum atomic E-state index is -0.216. The lowest BCUT2D eigenvalue weighted by molar-refractivity contribution is 0.327. The van der Waals surface area contributed by atoms with E-state index in [4.69, 9.17) is 4.74 Å². The maximum atomic E-state index is 13.2. The zero-order valence-electron chi connectivity index (χ0n) is 11.1. The van der Waals surface area contributed by atoms with E-state index in [0.29, 0.717) is 19.0 Å². The minimum absolute atomic E-state index is 0.216. The Bertz CT molecular complexity index is 540. The molecule has 0 unspecified atom stereocenters. The third-order valence-electron chi connectivity index (χ3n) is 2.82. The average Bonchev–Trinajstić information content (AvgIpc) is 2.42. The molecule has 0 aliphatic rings. The first-order valence-electron chi connectivity index (χ1n) is 6.27. The Hall–Kier alpha value is -2.10. The number of ether oxygens (including phenoxy) is 1. The van der Waals surface area contributed by atoms with Crippen LogP contribution >= 0.6 is 0 Å². The molecule has 1 N–H and O–H groups in total. The van der Waals surface area contributed by atoms with Gasteiger partial charge in [0.15, 0.2) is 0 Å². The molecule has 1 aromatic carbocycles. The summed E-state index contributed by atoms with van der Waals surface area (Å²) in [6.45, 7) is 5.05. The van der Waals surface area contributed by atoms with Gasteiger partial charge in [0.1, 0.15) is 5.82 Å². The molecule has 0 saturated carbocycles. The lowest BCUT2D eigenvalue weighted by Gasteiger charge is -2.09. The van der Waals surface area contributed by atoms with Crippen LogP contribution in [-0.4, -0.2) is 11.6 Å². The molecule has 0 aliphatic heterocycles. The topological polar surface area (TPSA) is 34.1 Å². The number of aromatic nitrogens is 1. The van der Waals surface area contributed by atoms with Gasteiger partial charge in [-0.3, -0.25) is 0 Å². The summed E-state index contributed by atoms with van der Waals surface area (Å²) in [6, 6.07) is 8.50. The number of benzene rings is 1. The van der Waals surface area contributed by atoms with Crippen LogP contribution in [0.1, 0.15) is 18.1 Å². The SMILES string of the molecule is CCOc1ccc(NCc2cc(F)ccc2C)cn1. The van der Waals surface area contributed by atoms with Gasteiger partial charge in [0.25, 0.3) is 0 Å². The summed E-state index contributed by atoms with van der Waals surface area (Å²) in [7, 11) is 0. The molecule has 4 heteroatoms. The van der Waals surface area contributed by atoms with E-state index >= 15 is 0 Å². The highest BCUT2D eigenvalue weighted by molar-refractivity contribution is 5.43. The van der Waals surface area contributed by atoms with Crippen LogP contribution in [0.2, 0.25) is 0 Å². The lowest BCUT2D eigenvalue weighted by Crippen LogP contribution is -2.02. The molecule has 3 nitrogen and oxygen atoms in total. The number of nitrogens with one attached hydrogen (secondary N) is 1. The Morgan fingerprint density at radius 2 is 2.11 bits per heavy atom. The molecule has 0 bridgehead atoms. The molecule has 0 fully saturated rings. The van der Waals surface area contributed by atoms with Crippen molar-refractivity contribution in [1.82, 2.24) is 4.98 Å². The Labute approximate surface area is 112 Å². The van der Waals surface area contributed by atoms with Gasteiger partial charge in [0, 0.05) is 12.6 Å². The third kappa shape index (κ3) is 3.68. The maximum absolute atomic E-state index is 13.2. The van der Waals surface area contributed by atoms with Gasteiger partial charge in [-0.05, 0) is 43.2 Å². The summed E-state index contributed by atoms with van der Waals surface area (Å²) in [6.07, 6.45) is 1.71. The van der Waals surface area contributed by atoms with Crippen molar-refractivity contribution in [1.29, 1.82) is 0 Å². The largest absolute Gasteiger partial charge is 0.478 e. The highest BCUT2D eigenvalue weighted by Crippen LogP contribution is 2.15. The highest BCUT2D eigenvalue weighted by atomic mass is 19.1. The fraction of sp³-hybridized carbons (Fsp3) is 0.267. The van der Waals surface area contributed by atoms with Crippen LogP contribution in [0, 0.1) is 12.7 Å². The highest BCUT2D eigenvalue weighted by Gasteiger charge is 2.01. The van der Waals surface area contributed by atoms with Crippen molar-refractivity contribution in [2.45, 2.75) is 20.4 Å². The fourth-order valence-electron chi connectivity index (χ4n) is 1.75. The van der Waals surface area contributed by atoms with E-state index in [9.17, 15) is 4.39 Å². The number of hydrogen-bond acceptors (Lipinski definition) is 3. The van der Waals surface area contributed by atoms with E-state index in [2.05, 4.69) is 10.3 Å². The second-order valence-electron chi connectivity index (χ2n) is 4.24. The first kappa shape index (κ1) is 13.3. The first-order chi connectivity index (χ1) is 9.19. The van der Waals surface area contributed by atoms with Gasteiger partial charge in [-0.2, -0.15) is 0 Å². The van der Waals surface area contributed by atoms with Crippen molar-refractivity contribution < 1.29 is 9.13 Å². The number of hydrogen-bond donors (Lipinski definition) is 1. The van der Waals surface area contributed by atoms with Crippen molar-refractivity contribution in [3.63, 3.8) is 0 Å². The van der Waals surface area contributed by atoms with E-state index in [-0.39, 0.29) is 5.82 Å². The summed E-state index contributed by atoms with van der Waals surface area (Å²) in [5.41, 5.74) is 2.88. The van der Waals surface area contributed by atoms with E-state index in [0.717, 1.165) is 16.8 Å². The molecular weight excluding hydrogens is 243 g/mol. The Kier molecular flexibility index (Phi) is 4.34. The van der Waals surface area contributed by atoms with Crippen LogP contribution < -0.4 is 10.1 Å². The van der Waals surface area contributed by atoms with Gasteiger partial charge in [0.05, 0.1) is 18.5 Å². The number of aryl methyl sites for hydroxylation is 1. The van der Waals surface area contributed by atoms with Crippen molar-refractivity contribution in [3.05, 3.63) is 53.5 Å². The monoisotopic (exact) mass is 260 g/mol. The first-order valence-corrected chi connectivity index (χ1v) is 6.27. The fourth-order valence-corrected chi connectivity index (χ4v) is 1.75. The zero-order chi connectivity index (χ0) is 13.7. The van der Waals surface area contributed by atoms with Crippen molar-refractivity contribution >= 4 is 5.69 Å². The Morgan fingerprint density at radius 1 is 1.26 bits per heavy atom. The van der Waals surface area contributed by atoms with Crippen molar-refractivity contribution in [2.24, 2.45) is 0 Å². The van der Waals surface area contributed by atoms with Crippen LogP contribution in [-0.2, 0) is 6.54 Å². The summed E-state index contributed by atoms with van der Waals surface area (Å²) < 4.78 is 18.4. The average molecular weight is 260 g/mol. The van der Waals surface area contributed by atoms with E-state index < -0.39 is 0 Å². The number of anilines is 1. The van der Waals surface area contributed by atoms with Crippen LogP contribution in [0.25, 0.3) is 0 Å². The van der Waals surface area contributed by atoms with E-state index in [1.165, 1.54) is 6.07 Å². The number of nitrogens with zero attached hydrogens (tertiary/aromatic N) is 1. The second-order valence-corrected chi connectivity index (χ2v) is 4.24. The predicted octanol–water partition coefficient (Wildman–Crippen LogP) is 3.54. The van der Waals surface area contributed by atoms with Gasteiger partial charge in [-0.25, -0.2) is 9.37 Å². The zero-order valence-corrected chi connectivity index (χ0v) is 11.1. The van der Waals surface area contributed by atoms with Crippen molar-refractivity contribution in [3.8, 4) is 5.88 Å². The van der Waals surface area contributed by atoms with Crippen LogP contribution in [0.4, 0.5) is 10.1 Å². The molecule has 0 aliphatic carbocycles. The summed E-state index contributed by atoms with van der Waals surface area (Å²) in [5, 5.41) is 3.21. The van der Waals surface area contributed by atoms with Gasteiger partial charge in [-0.1, -0.05) is 6.07 Å². The summed E-state index contributed by atoms with van der Waals surface area (Å²) in [5.74, 6) is 0.391. The molecule has 1 heterocycles. The normalized spacial score (nSPS) is 10.3. The molecule has 1 aromatic heterocycles. The molecule has 0 spiro atoms. The van der Waals surface area contributed by atoms with Crippen LogP contribution in [0.15, 0.2) is 36.5 Å². The molecule has 2 aromatic rings. The molecule has 0 amide bonds. The predicted molar refractivity (Wildman–Crippen MR) is 73.9 cm³/mol. The standard InChI is InChI=1S/C15H17FN2O/c1-3-19-15-7-6-14(10-18-15)17-9-12-8-13(16)5-4-11(12)2/h4-8,10,17H,3,9H2,1-2H3.